The van der Waals surface area contributed by atoms with E-state index in [1.807, 2.05) is 0 Å². The van der Waals surface area contributed by atoms with Gasteiger partial charge in [0.15, 0.2) is 5.56 Å². The molecule has 0 bridgehead atoms. The molecule has 0 fully saturated rings. The summed E-state index contributed by atoms with van der Waals surface area (Å²) in [5.74, 6) is 0. The lowest BCUT2D eigenvalue weighted by Crippen LogP contribution is -2.24. The van der Waals surface area contributed by atoms with Crippen molar-refractivity contribution in [2.24, 2.45) is 0 Å². The molecule has 0 aliphatic heterocycles. The minimum atomic E-state index is -1.12. The van der Waals surface area contributed by atoms with Gasteiger partial charge < -0.3 is 10.2 Å². The van der Waals surface area contributed by atoms with Crippen molar-refractivity contribution in [1.82, 2.24) is 0 Å². The molecule has 0 aromatic carbocycles. The summed E-state index contributed by atoms with van der Waals surface area (Å²) in [6, 6.07) is 0. The molecule has 0 aliphatic rings. The van der Waals surface area contributed by atoms with Crippen LogP contribution in [0.25, 0.3) is 0 Å². The topological polar surface area (TPSA) is 49.7 Å². The summed E-state index contributed by atoms with van der Waals surface area (Å²) < 4.78 is 3.93. The van der Waals surface area contributed by atoms with Gasteiger partial charge in [0, 0.05) is 0 Å². The van der Waals surface area contributed by atoms with E-state index in [1.54, 1.807) is 0 Å². The number of aliphatic hydroxyl groups excluding tert-OH is 2. The molecule has 50 valence electrons. The highest BCUT2D eigenvalue weighted by atomic mass is 35.5. The average molecular weight is 161 g/mol. The Morgan fingerprint density at radius 1 is 1.62 bits per heavy atom. The Labute approximate surface area is 57.0 Å². The maximum atomic E-state index is 8.54. The number of aliphatic hydroxyl groups is 2. The Hall–Kier alpha value is 0.460. The fraction of sp³-hybridized carbons (Fsp3) is 1.00. The third-order valence-corrected chi connectivity index (χ3v) is 1.24. The van der Waals surface area contributed by atoms with Crippen LogP contribution < -0.4 is 0 Å². The van der Waals surface area contributed by atoms with Gasteiger partial charge in [-0.3, -0.25) is 4.29 Å². The molecule has 0 saturated carbocycles. The van der Waals surface area contributed by atoms with Gasteiger partial charge in [-0.25, -0.2) is 0 Å². The molecule has 0 aromatic heterocycles. The Kier molecular flexibility index (Phi) is 4.60. The third-order valence-electron chi connectivity index (χ3n) is 0.575. The summed E-state index contributed by atoms with van der Waals surface area (Å²) in [7, 11) is 0. The van der Waals surface area contributed by atoms with Gasteiger partial charge in [-0.2, -0.15) is 0 Å². The molecule has 0 rings (SSSR count). The van der Waals surface area contributed by atoms with Gasteiger partial charge in [-0.15, -0.1) is 0 Å². The van der Waals surface area contributed by atoms with E-state index in [9.17, 15) is 0 Å². The van der Waals surface area contributed by atoms with Crippen molar-refractivity contribution in [3.8, 4) is 0 Å². The van der Waals surface area contributed by atoms with Crippen LogP contribution in [-0.4, -0.2) is 28.5 Å². The van der Waals surface area contributed by atoms with Crippen LogP contribution in [0.5, 0.6) is 0 Å². The van der Waals surface area contributed by atoms with Crippen LogP contribution >= 0.6 is 23.5 Å². The number of hydrogen-bond acceptors (Lipinski definition) is 3. The van der Waals surface area contributed by atoms with Crippen molar-refractivity contribution in [1.29, 1.82) is 0 Å². The van der Waals surface area contributed by atoms with E-state index in [2.05, 4.69) is 4.29 Å². The lowest BCUT2D eigenvalue weighted by atomic mass is 10.4. The lowest BCUT2D eigenvalue weighted by molar-refractivity contribution is 0.0389. The van der Waals surface area contributed by atoms with E-state index in [0.717, 1.165) is 0 Å². The van der Waals surface area contributed by atoms with Gasteiger partial charge >= 0.3 is 0 Å². The number of hydrogen-bond donors (Lipinski definition) is 2. The van der Waals surface area contributed by atoms with Crippen LogP contribution in [0.3, 0.4) is 0 Å². The van der Waals surface area contributed by atoms with E-state index < -0.39 is 18.3 Å². The molecule has 0 saturated heterocycles. The minimum absolute atomic E-state index is 0.457. The van der Waals surface area contributed by atoms with E-state index >= 15 is 0 Å². The molecule has 0 radical (unpaired) electrons. The van der Waals surface area contributed by atoms with Crippen LogP contribution in [0.4, 0.5) is 0 Å². The standard InChI is InChI=1S/C3H6Cl2O3/c4-3(8-5)2(7)1-6/h2-3,6-7H,1H2. The summed E-state index contributed by atoms with van der Waals surface area (Å²) in [5.41, 5.74) is -1.04. The molecule has 2 unspecified atom stereocenters. The lowest BCUT2D eigenvalue weighted by Gasteiger charge is -2.08. The van der Waals surface area contributed by atoms with Gasteiger partial charge in [-0.05, 0) is 0 Å². The largest absolute Gasteiger partial charge is 0.394 e. The molecule has 0 spiro atoms. The van der Waals surface area contributed by atoms with Crippen LogP contribution in [-0.2, 0) is 4.29 Å². The summed E-state index contributed by atoms with van der Waals surface area (Å²) in [6.45, 7) is -0.457. The van der Waals surface area contributed by atoms with Gasteiger partial charge in [0.25, 0.3) is 0 Å². The molecule has 0 amide bonds. The summed E-state index contributed by atoms with van der Waals surface area (Å²) in [6.07, 6.45) is -1.12. The summed E-state index contributed by atoms with van der Waals surface area (Å²) in [4.78, 5) is 0. The van der Waals surface area contributed by atoms with Crippen LogP contribution in [0.2, 0.25) is 0 Å². The molecular formula is C3H6Cl2O3. The minimum Gasteiger partial charge on any atom is -0.394 e. The van der Waals surface area contributed by atoms with Crippen molar-refractivity contribution in [2.75, 3.05) is 6.61 Å². The van der Waals surface area contributed by atoms with E-state index in [4.69, 9.17) is 33.7 Å². The first kappa shape index (κ1) is 8.46. The fourth-order valence-electron chi connectivity index (χ4n) is 0.142. The normalized spacial score (nSPS) is 18.0. The number of rotatable bonds is 3. The van der Waals surface area contributed by atoms with Crippen molar-refractivity contribution in [3.05, 3.63) is 0 Å². The van der Waals surface area contributed by atoms with Crippen LogP contribution in [0, 0.1) is 0 Å². The quantitative estimate of drug-likeness (QED) is 0.576. The molecule has 5 heteroatoms. The van der Waals surface area contributed by atoms with Crippen molar-refractivity contribution in [2.45, 2.75) is 11.7 Å². The Bertz CT molecular complexity index is 52.5. The highest BCUT2D eigenvalue weighted by molar-refractivity contribution is 6.22. The maximum absolute atomic E-state index is 8.54. The predicted molar refractivity (Wildman–Crippen MR) is 29.7 cm³/mol. The zero-order valence-electron chi connectivity index (χ0n) is 3.92. The van der Waals surface area contributed by atoms with Gasteiger partial charge in [0.1, 0.15) is 6.10 Å². The summed E-state index contributed by atoms with van der Waals surface area (Å²) >= 11 is 9.87. The smallest absolute Gasteiger partial charge is 0.180 e. The van der Waals surface area contributed by atoms with E-state index in [1.165, 1.54) is 0 Å². The predicted octanol–water partition coefficient (Wildman–Crippen LogP) is 0.0749. The molecule has 3 nitrogen and oxygen atoms in total. The van der Waals surface area contributed by atoms with Crippen molar-refractivity contribution < 1.29 is 14.5 Å². The second-order valence-corrected chi connectivity index (χ2v) is 1.80. The Balaban J connectivity index is 3.29. The highest BCUT2D eigenvalue weighted by Gasteiger charge is 2.14. The van der Waals surface area contributed by atoms with Crippen molar-refractivity contribution in [3.63, 3.8) is 0 Å². The molecule has 2 atom stereocenters. The molecule has 2 N–H and O–H groups in total. The van der Waals surface area contributed by atoms with E-state index in [-0.39, 0.29) is 0 Å². The van der Waals surface area contributed by atoms with Crippen molar-refractivity contribution >= 4 is 23.5 Å². The Morgan fingerprint density at radius 3 is 2.25 bits per heavy atom. The molecule has 8 heavy (non-hydrogen) atoms. The van der Waals surface area contributed by atoms with Gasteiger partial charge in [0.05, 0.1) is 18.5 Å². The zero-order chi connectivity index (χ0) is 6.57. The first-order chi connectivity index (χ1) is 3.72. The SMILES string of the molecule is OCC(O)C(Cl)OCl. The monoisotopic (exact) mass is 160 g/mol. The van der Waals surface area contributed by atoms with Gasteiger partial charge in [0.2, 0.25) is 0 Å². The van der Waals surface area contributed by atoms with Crippen LogP contribution in [0.1, 0.15) is 0 Å². The average Bonchev–Trinajstić information content (AvgIpc) is 1.84. The van der Waals surface area contributed by atoms with Crippen LogP contribution in [0.15, 0.2) is 0 Å². The third kappa shape index (κ3) is 2.69. The second kappa shape index (κ2) is 4.35. The molecular weight excluding hydrogens is 155 g/mol. The molecule has 0 aromatic rings. The number of alkyl halides is 1. The molecule has 0 heterocycles. The number of halogens is 2. The molecule has 0 aliphatic carbocycles. The first-order valence-corrected chi connectivity index (χ1v) is 2.67. The highest BCUT2D eigenvalue weighted by Crippen LogP contribution is 2.05. The van der Waals surface area contributed by atoms with E-state index in [0.29, 0.717) is 0 Å². The second-order valence-electron chi connectivity index (χ2n) is 1.19. The zero-order valence-corrected chi connectivity index (χ0v) is 5.43. The first-order valence-electron chi connectivity index (χ1n) is 1.92. The Morgan fingerprint density at radius 2 is 2.12 bits per heavy atom. The summed E-state index contributed by atoms with van der Waals surface area (Å²) in [5, 5.41) is 16.7. The fourth-order valence-corrected chi connectivity index (χ4v) is 0.341. The maximum Gasteiger partial charge on any atom is 0.180 e. The van der Waals surface area contributed by atoms with Gasteiger partial charge in [-0.1, -0.05) is 11.6 Å².